The molecule has 6 aromatic rings. The summed E-state index contributed by atoms with van der Waals surface area (Å²) in [6, 6.07) is 49.1. The van der Waals surface area contributed by atoms with Crippen molar-refractivity contribution in [2.45, 2.75) is 0 Å². The Morgan fingerprint density at radius 1 is 0.354 bits per heavy atom. The van der Waals surface area contributed by atoms with Gasteiger partial charge in [0.2, 0.25) is 0 Å². The lowest BCUT2D eigenvalue weighted by Crippen LogP contribution is -2.20. The van der Waals surface area contributed by atoms with Crippen molar-refractivity contribution in [2.24, 2.45) is 0 Å². The van der Waals surface area contributed by atoms with E-state index in [0.717, 1.165) is 21.2 Å². The van der Waals surface area contributed by atoms with Crippen LogP contribution in [0.15, 0.2) is 146 Å². The lowest BCUT2D eigenvalue weighted by atomic mass is 9.99. The first kappa shape index (κ1) is 30.3. The topological polar surface area (TPSA) is 55.4 Å². The zero-order valence-corrected chi connectivity index (χ0v) is 27.8. The molecule has 6 aromatic carbocycles. The van der Waals surface area contributed by atoms with Crippen molar-refractivity contribution in [1.29, 1.82) is 0 Å². The average Bonchev–Trinajstić information content (AvgIpc) is 3.17. The van der Waals surface area contributed by atoms with Gasteiger partial charge < -0.3 is 28.0 Å². The predicted molar refractivity (Wildman–Crippen MR) is 193 cm³/mol. The molecule has 0 N–H and O–H groups in total. The van der Waals surface area contributed by atoms with E-state index in [-0.39, 0.29) is 0 Å². The molecule has 6 nitrogen and oxygen atoms in total. The highest BCUT2D eigenvalue weighted by Gasteiger charge is 2.33. The fourth-order valence-corrected chi connectivity index (χ4v) is 9.27. The first-order valence-electron chi connectivity index (χ1n) is 15.9. The summed E-state index contributed by atoms with van der Waals surface area (Å²) in [5.74, 6) is 3.72. The Balaban J connectivity index is 1.33. The Morgan fingerprint density at radius 2 is 0.667 bits per heavy atom. The molecule has 0 fully saturated rings. The highest BCUT2D eigenvalue weighted by molar-refractivity contribution is 7.69. The van der Waals surface area contributed by atoms with Crippen LogP contribution in [0.2, 0.25) is 0 Å². The second-order valence-corrected chi connectivity index (χ2v) is 14.6. The number of hydrogen-bond acceptors (Lipinski definition) is 6. The van der Waals surface area contributed by atoms with Gasteiger partial charge in [-0.05, 0) is 24.3 Å². The molecule has 8 rings (SSSR count). The predicted octanol–water partition coefficient (Wildman–Crippen LogP) is 7.75. The molecule has 8 heteroatoms. The SMILES string of the molecule is c1ccc(P(Oc2ccc3c(c2-c2c(OP(c4ccccc4)c4ccccc4)ccc4c2OCCO4)OCCO3)c2ccccc2)cc1. The number of rotatable bonds is 9. The van der Waals surface area contributed by atoms with Crippen LogP contribution in [-0.4, -0.2) is 26.4 Å². The van der Waals surface area contributed by atoms with Crippen LogP contribution < -0.4 is 49.2 Å². The summed E-state index contributed by atoms with van der Waals surface area (Å²) in [4.78, 5) is 0. The van der Waals surface area contributed by atoms with Crippen LogP contribution in [0.1, 0.15) is 0 Å². The Kier molecular flexibility index (Phi) is 8.84. The van der Waals surface area contributed by atoms with Crippen molar-refractivity contribution in [3.05, 3.63) is 146 Å². The smallest absolute Gasteiger partial charge is 0.173 e. The molecule has 0 aliphatic carbocycles. The number of ether oxygens (including phenoxy) is 4. The minimum absolute atomic E-state index is 0.402. The third-order valence-corrected chi connectivity index (χ3v) is 11.8. The van der Waals surface area contributed by atoms with Crippen molar-refractivity contribution in [3.63, 3.8) is 0 Å². The van der Waals surface area contributed by atoms with E-state index in [0.29, 0.717) is 72.1 Å². The minimum Gasteiger partial charge on any atom is -0.486 e. The van der Waals surface area contributed by atoms with Crippen LogP contribution in [-0.2, 0) is 0 Å². The highest BCUT2D eigenvalue weighted by atomic mass is 31.1. The summed E-state index contributed by atoms with van der Waals surface area (Å²) in [6.07, 6.45) is 0. The summed E-state index contributed by atoms with van der Waals surface area (Å²) in [7, 11) is -2.52. The summed E-state index contributed by atoms with van der Waals surface area (Å²) >= 11 is 0. The molecule has 0 amide bonds. The van der Waals surface area contributed by atoms with Gasteiger partial charge in [0, 0.05) is 21.2 Å². The zero-order valence-electron chi connectivity index (χ0n) is 26.0. The molecule has 0 bridgehead atoms. The molecule has 2 heterocycles. The number of benzene rings is 6. The van der Waals surface area contributed by atoms with Crippen LogP contribution in [0.3, 0.4) is 0 Å². The van der Waals surface area contributed by atoms with Gasteiger partial charge in [-0.2, -0.15) is 0 Å². The van der Waals surface area contributed by atoms with Crippen molar-refractivity contribution in [3.8, 4) is 45.6 Å². The summed E-state index contributed by atoms with van der Waals surface area (Å²) in [5, 5.41) is 4.34. The molecule has 0 saturated carbocycles. The third kappa shape index (κ3) is 6.18. The van der Waals surface area contributed by atoms with Crippen LogP contribution in [0.25, 0.3) is 11.1 Å². The van der Waals surface area contributed by atoms with E-state index in [1.165, 1.54) is 0 Å². The Labute approximate surface area is 282 Å². The molecule has 0 aromatic heterocycles. The Bertz CT molecular complexity index is 1770. The Hall–Kier alpha value is -5.02. The highest BCUT2D eigenvalue weighted by Crippen LogP contribution is 2.58. The lowest BCUT2D eigenvalue weighted by molar-refractivity contribution is 0.169. The first-order valence-corrected chi connectivity index (χ1v) is 18.4. The largest absolute Gasteiger partial charge is 0.486 e. The molecular weight excluding hydrogens is 638 g/mol. The zero-order chi connectivity index (χ0) is 32.1. The van der Waals surface area contributed by atoms with Gasteiger partial charge in [-0.1, -0.05) is 121 Å². The van der Waals surface area contributed by atoms with Gasteiger partial charge in [-0.25, -0.2) is 0 Å². The second kappa shape index (κ2) is 14.0. The standard InChI is InChI=1S/C40H32O6P2/c1-5-13-29(14-6-1)47(30-15-7-2-8-16-30)45-33-21-23-35-39(43-27-25-41-35)37(33)38-34(22-24-36-40(38)44-28-26-42-36)46-48(31-17-9-3-10-18-31)32-19-11-4-12-20-32/h1-24H,25-28H2. The average molecular weight is 671 g/mol. The fraction of sp³-hybridized carbons (Fsp3) is 0.100. The molecule has 0 atom stereocenters. The normalized spacial score (nSPS) is 13.3. The van der Waals surface area contributed by atoms with E-state index >= 15 is 0 Å². The molecule has 0 radical (unpaired) electrons. The lowest BCUT2D eigenvalue weighted by Gasteiger charge is -2.30. The second-order valence-electron chi connectivity index (χ2n) is 11.0. The summed E-state index contributed by atoms with van der Waals surface area (Å²) in [6.45, 7) is 1.71. The van der Waals surface area contributed by atoms with Crippen LogP contribution in [0.4, 0.5) is 0 Å². The van der Waals surface area contributed by atoms with Gasteiger partial charge >= 0.3 is 0 Å². The monoisotopic (exact) mass is 670 g/mol. The first-order chi connectivity index (χ1) is 23.8. The molecular formula is C40H32O6P2. The molecule has 238 valence electrons. The summed E-state index contributed by atoms with van der Waals surface area (Å²) in [5.41, 5.74) is 1.42. The maximum absolute atomic E-state index is 7.14. The van der Waals surface area contributed by atoms with E-state index in [1.54, 1.807) is 0 Å². The number of hydrogen-bond donors (Lipinski definition) is 0. The van der Waals surface area contributed by atoms with E-state index < -0.39 is 16.3 Å². The van der Waals surface area contributed by atoms with Gasteiger partial charge in [-0.3, -0.25) is 0 Å². The van der Waals surface area contributed by atoms with Crippen molar-refractivity contribution in [2.75, 3.05) is 26.4 Å². The minimum atomic E-state index is -1.26. The summed E-state index contributed by atoms with van der Waals surface area (Å²) < 4.78 is 39.4. The van der Waals surface area contributed by atoms with Crippen LogP contribution in [0, 0.1) is 0 Å². The van der Waals surface area contributed by atoms with Crippen LogP contribution >= 0.6 is 16.3 Å². The quantitative estimate of drug-likeness (QED) is 0.147. The Morgan fingerprint density at radius 3 is 1.00 bits per heavy atom. The van der Waals surface area contributed by atoms with E-state index in [9.17, 15) is 0 Å². The molecule has 2 aliphatic rings. The maximum atomic E-state index is 7.14. The molecule has 0 spiro atoms. The van der Waals surface area contributed by atoms with Gasteiger partial charge in [0.25, 0.3) is 0 Å². The molecule has 2 aliphatic heterocycles. The van der Waals surface area contributed by atoms with Crippen LogP contribution in [0.5, 0.6) is 34.5 Å². The van der Waals surface area contributed by atoms with Gasteiger partial charge in [0.05, 0.1) is 11.1 Å². The van der Waals surface area contributed by atoms with E-state index in [2.05, 4.69) is 48.5 Å². The van der Waals surface area contributed by atoms with Crippen molar-refractivity contribution >= 4 is 37.5 Å². The van der Waals surface area contributed by atoms with Crippen molar-refractivity contribution < 1.29 is 28.0 Å². The van der Waals surface area contributed by atoms with E-state index in [1.807, 2.05) is 97.1 Å². The molecule has 48 heavy (non-hydrogen) atoms. The molecule has 0 saturated heterocycles. The maximum Gasteiger partial charge on any atom is 0.173 e. The molecule has 0 unspecified atom stereocenters. The number of fused-ring (bicyclic) bond motifs is 2. The van der Waals surface area contributed by atoms with Gasteiger partial charge in [-0.15, -0.1) is 0 Å². The van der Waals surface area contributed by atoms with Gasteiger partial charge in [0.15, 0.2) is 39.3 Å². The van der Waals surface area contributed by atoms with Gasteiger partial charge in [0.1, 0.15) is 37.9 Å². The van der Waals surface area contributed by atoms with E-state index in [4.69, 9.17) is 28.0 Å². The fourth-order valence-electron chi connectivity index (χ4n) is 5.78. The third-order valence-electron chi connectivity index (χ3n) is 7.93. The van der Waals surface area contributed by atoms with Crippen molar-refractivity contribution in [1.82, 2.24) is 0 Å².